The van der Waals surface area contributed by atoms with E-state index in [0.29, 0.717) is 18.4 Å². The van der Waals surface area contributed by atoms with Gasteiger partial charge in [0.05, 0.1) is 0 Å². The lowest BCUT2D eigenvalue weighted by Crippen LogP contribution is -1.95. The van der Waals surface area contributed by atoms with Gasteiger partial charge in [-0.15, -0.1) is 0 Å². The molecule has 1 rings (SSSR count). The smallest absolute Gasteiger partial charge is 0.178 e. The third-order valence-corrected chi connectivity index (χ3v) is 1.83. The van der Waals surface area contributed by atoms with Crippen LogP contribution in [0.4, 0.5) is 0 Å². The Morgan fingerprint density at radius 1 is 1.23 bits per heavy atom. The minimum absolute atomic E-state index is 0.467. The van der Waals surface area contributed by atoms with E-state index in [4.69, 9.17) is 10.2 Å². The normalized spacial score (nSPS) is 10.4. The van der Waals surface area contributed by atoms with E-state index in [9.17, 15) is 4.79 Å². The first-order valence-corrected chi connectivity index (χ1v) is 4.12. The molecule has 0 unspecified atom stereocenters. The third kappa shape index (κ3) is 2.97. The number of aryl methyl sites for hydroxylation is 1. The first-order chi connectivity index (χ1) is 6.24. The predicted molar refractivity (Wildman–Crippen MR) is 48.0 cm³/mol. The largest absolute Gasteiger partial charge is 0.364 e. The standard InChI is InChI=1S/C10H12O3/c11-7-1-2-8-3-5-9(6-4-8)10(12)13/h3-7,10,12-13H,1-2H2. The highest BCUT2D eigenvalue weighted by Crippen LogP contribution is 2.11. The molecule has 0 fully saturated rings. The highest BCUT2D eigenvalue weighted by Gasteiger charge is 2.00. The quantitative estimate of drug-likeness (QED) is 0.532. The Hall–Kier alpha value is -1.19. The van der Waals surface area contributed by atoms with Crippen LogP contribution in [0.3, 0.4) is 0 Å². The molecule has 0 aliphatic carbocycles. The van der Waals surface area contributed by atoms with E-state index < -0.39 is 6.29 Å². The number of aliphatic hydroxyl groups excluding tert-OH is 1. The van der Waals surface area contributed by atoms with E-state index in [0.717, 1.165) is 11.8 Å². The van der Waals surface area contributed by atoms with Crippen molar-refractivity contribution in [1.82, 2.24) is 0 Å². The van der Waals surface area contributed by atoms with Crippen LogP contribution in [-0.2, 0) is 11.2 Å². The van der Waals surface area contributed by atoms with Crippen molar-refractivity contribution < 1.29 is 15.0 Å². The first-order valence-electron chi connectivity index (χ1n) is 4.12. The lowest BCUT2D eigenvalue weighted by atomic mass is 10.1. The molecule has 0 aliphatic heterocycles. The molecule has 2 N–H and O–H groups in total. The summed E-state index contributed by atoms with van der Waals surface area (Å²) < 4.78 is 0. The molecule has 0 spiro atoms. The maximum Gasteiger partial charge on any atom is 0.178 e. The van der Waals surface area contributed by atoms with Crippen molar-refractivity contribution in [1.29, 1.82) is 0 Å². The molecular formula is C10H12O3. The highest BCUT2D eigenvalue weighted by molar-refractivity contribution is 5.50. The summed E-state index contributed by atoms with van der Waals surface area (Å²) in [4.78, 5) is 10.1. The van der Waals surface area contributed by atoms with Crippen LogP contribution in [0.2, 0.25) is 0 Å². The number of hydrogen-bond acceptors (Lipinski definition) is 3. The molecule has 0 saturated heterocycles. The Balaban J connectivity index is 2.64. The van der Waals surface area contributed by atoms with E-state index in [1.807, 2.05) is 0 Å². The topological polar surface area (TPSA) is 57.5 Å². The number of carbonyl (C=O) groups is 1. The molecule has 0 saturated carbocycles. The van der Waals surface area contributed by atoms with E-state index in [1.54, 1.807) is 24.3 Å². The molecule has 1 aromatic carbocycles. The predicted octanol–water partition coefficient (Wildman–Crippen LogP) is 0.801. The maximum atomic E-state index is 10.1. The molecule has 0 heterocycles. The van der Waals surface area contributed by atoms with Gasteiger partial charge >= 0.3 is 0 Å². The van der Waals surface area contributed by atoms with Gasteiger partial charge in [-0.1, -0.05) is 24.3 Å². The van der Waals surface area contributed by atoms with Crippen molar-refractivity contribution >= 4 is 6.29 Å². The summed E-state index contributed by atoms with van der Waals surface area (Å²) in [5, 5.41) is 17.6. The molecule has 0 aromatic heterocycles. The molecule has 3 heteroatoms. The zero-order valence-electron chi connectivity index (χ0n) is 7.18. The summed E-state index contributed by atoms with van der Waals surface area (Å²) in [7, 11) is 0. The number of benzene rings is 1. The summed E-state index contributed by atoms with van der Waals surface area (Å²) in [6.07, 6.45) is 0.654. The van der Waals surface area contributed by atoms with Crippen molar-refractivity contribution in [3.05, 3.63) is 35.4 Å². The number of hydrogen-bond donors (Lipinski definition) is 2. The number of rotatable bonds is 4. The van der Waals surface area contributed by atoms with Crippen LogP contribution in [0, 0.1) is 0 Å². The minimum atomic E-state index is -1.42. The summed E-state index contributed by atoms with van der Waals surface area (Å²) in [5.41, 5.74) is 1.49. The monoisotopic (exact) mass is 180 g/mol. The van der Waals surface area contributed by atoms with Crippen LogP contribution in [0.15, 0.2) is 24.3 Å². The molecular weight excluding hydrogens is 168 g/mol. The van der Waals surface area contributed by atoms with Gasteiger partial charge in [0, 0.05) is 12.0 Å². The van der Waals surface area contributed by atoms with Gasteiger partial charge in [-0.3, -0.25) is 0 Å². The zero-order chi connectivity index (χ0) is 9.68. The second-order valence-corrected chi connectivity index (χ2v) is 2.82. The molecule has 0 atom stereocenters. The van der Waals surface area contributed by atoms with E-state index >= 15 is 0 Å². The van der Waals surface area contributed by atoms with Gasteiger partial charge < -0.3 is 15.0 Å². The van der Waals surface area contributed by atoms with Crippen molar-refractivity contribution in [3.8, 4) is 0 Å². The fraction of sp³-hybridized carbons (Fsp3) is 0.300. The van der Waals surface area contributed by atoms with Crippen molar-refractivity contribution in [3.63, 3.8) is 0 Å². The van der Waals surface area contributed by atoms with Gasteiger partial charge in [0.25, 0.3) is 0 Å². The molecule has 0 aliphatic rings. The van der Waals surface area contributed by atoms with Gasteiger partial charge in [-0.25, -0.2) is 0 Å². The first kappa shape index (κ1) is 9.89. The Kier molecular flexibility index (Phi) is 3.61. The molecule has 1 aromatic rings. The van der Waals surface area contributed by atoms with Gasteiger partial charge in [0.1, 0.15) is 6.29 Å². The Morgan fingerprint density at radius 3 is 2.31 bits per heavy atom. The maximum absolute atomic E-state index is 10.1. The molecule has 70 valence electrons. The number of aldehydes is 1. The van der Waals surface area contributed by atoms with Gasteiger partial charge in [0.15, 0.2) is 6.29 Å². The summed E-state index contributed by atoms with van der Waals surface area (Å²) in [6.45, 7) is 0. The molecule has 0 radical (unpaired) electrons. The Labute approximate surface area is 76.6 Å². The van der Waals surface area contributed by atoms with Crippen LogP contribution in [0.1, 0.15) is 23.8 Å². The molecule has 13 heavy (non-hydrogen) atoms. The molecule has 0 amide bonds. The summed E-state index contributed by atoms with van der Waals surface area (Å²) in [5.74, 6) is 0. The van der Waals surface area contributed by atoms with Crippen LogP contribution < -0.4 is 0 Å². The Bertz CT molecular complexity index is 264. The fourth-order valence-electron chi connectivity index (χ4n) is 1.08. The van der Waals surface area contributed by atoms with Crippen molar-refractivity contribution in [2.75, 3.05) is 0 Å². The zero-order valence-corrected chi connectivity index (χ0v) is 7.18. The molecule has 3 nitrogen and oxygen atoms in total. The van der Waals surface area contributed by atoms with Crippen molar-refractivity contribution in [2.45, 2.75) is 19.1 Å². The van der Waals surface area contributed by atoms with Gasteiger partial charge in [0.2, 0.25) is 0 Å². The van der Waals surface area contributed by atoms with E-state index in [-0.39, 0.29) is 0 Å². The van der Waals surface area contributed by atoms with Crippen LogP contribution in [0.25, 0.3) is 0 Å². The minimum Gasteiger partial charge on any atom is -0.364 e. The van der Waals surface area contributed by atoms with Crippen molar-refractivity contribution in [2.24, 2.45) is 0 Å². The Morgan fingerprint density at radius 2 is 1.85 bits per heavy atom. The molecule has 0 bridgehead atoms. The van der Waals surface area contributed by atoms with Crippen LogP contribution in [-0.4, -0.2) is 16.5 Å². The van der Waals surface area contributed by atoms with Gasteiger partial charge in [-0.2, -0.15) is 0 Å². The van der Waals surface area contributed by atoms with Crippen LogP contribution in [0.5, 0.6) is 0 Å². The second kappa shape index (κ2) is 4.74. The summed E-state index contributed by atoms with van der Waals surface area (Å²) >= 11 is 0. The number of carbonyl (C=O) groups excluding carboxylic acids is 1. The van der Waals surface area contributed by atoms with E-state index in [2.05, 4.69) is 0 Å². The second-order valence-electron chi connectivity index (χ2n) is 2.82. The van der Waals surface area contributed by atoms with Crippen LogP contribution >= 0.6 is 0 Å². The third-order valence-electron chi connectivity index (χ3n) is 1.83. The van der Waals surface area contributed by atoms with E-state index in [1.165, 1.54) is 0 Å². The SMILES string of the molecule is O=CCCc1ccc(C(O)O)cc1. The lowest BCUT2D eigenvalue weighted by molar-refractivity contribution is -0.107. The van der Waals surface area contributed by atoms with Gasteiger partial charge in [-0.05, 0) is 12.0 Å². The average Bonchev–Trinajstić information content (AvgIpc) is 2.15. The highest BCUT2D eigenvalue weighted by atomic mass is 16.5. The summed E-state index contributed by atoms with van der Waals surface area (Å²) in [6, 6.07) is 6.87. The number of aliphatic hydroxyl groups is 2. The lowest BCUT2D eigenvalue weighted by Gasteiger charge is -2.04. The average molecular weight is 180 g/mol. The fourth-order valence-corrected chi connectivity index (χ4v) is 1.08.